The van der Waals surface area contributed by atoms with Gasteiger partial charge in [0.15, 0.2) is 0 Å². The molecule has 37 heavy (non-hydrogen) atoms. The van der Waals surface area contributed by atoms with Gasteiger partial charge in [-0.3, -0.25) is 9.59 Å². The molecule has 0 spiro atoms. The number of rotatable bonds is 8. The number of nitrogens with zero attached hydrogens (tertiary/aromatic N) is 1. The number of anilines is 1. The van der Waals surface area contributed by atoms with Crippen LogP contribution in [-0.4, -0.2) is 41.5 Å². The van der Waals surface area contributed by atoms with Gasteiger partial charge in [0.05, 0.1) is 0 Å². The Morgan fingerprint density at radius 2 is 1.62 bits per heavy atom. The Morgan fingerprint density at radius 3 is 2.16 bits per heavy atom. The second kappa shape index (κ2) is 12.4. The Balaban J connectivity index is 2.49. The van der Waals surface area contributed by atoms with Gasteiger partial charge in [-0.15, -0.1) is 6.42 Å². The number of hydrogen-bond donors (Lipinski definition) is 2. The van der Waals surface area contributed by atoms with Crippen molar-refractivity contribution in [2.45, 2.75) is 72.6 Å². The van der Waals surface area contributed by atoms with Crippen molar-refractivity contribution in [1.29, 1.82) is 0 Å². The topological polar surface area (TPSA) is 87.7 Å². The average Bonchev–Trinajstić information content (AvgIpc) is 2.79. The number of hydrogen-bond acceptors (Lipinski definition) is 4. The zero-order valence-electron chi connectivity index (χ0n) is 23.1. The molecule has 198 valence electrons. The molecule has 2 aromatic carbocycles. The van der Waals surface area contributed by atoms with Crippen LogP contribution in [0.25, 0.3) is 0 Å². The zero-order valence-corrected chi connectivity index (χ0v) is 23.1. The summed E-state index contributed by atoms with van der Waals surface area (Å²) in [4.78, 5) is 41.5. The quantitative estimate of drug-likeness (QED) is 0.473. The maximum Gasteiger partial charge on any atom is 0.408 e. The predicted octanol–water partition coefficient (Wildman–Crippen LogP) is 5.36. The van der Waals surface area contributed by atoms with Crippen molar-refractivity contribution in [1.82, 2.24) is 10.2 Å². The lowest BCUT2D eigenvalue weighted by atomic mass is 9.96. The monoisotopic (exact) mass is 505 g/mol. The number of alkyl carbamates (subject to hydrolysis) is 1. The number of benzene rings is 2. The van der Waals surface area contributed by atoms with E-state index in [4.69, 9.17) is 11.2 Å². The van der Waals surface area contributed by atoms with Crippen LogP contribution >= 0.6 is 0 Å². The number of ether oxygens (including phenoxy) is 1. The first kappa shape index (κ1) is 29.4. The highest BCUT2D eigenvalue weighted by molar-refractivity contribution is 6.00. The van der Waals surface area contributed by atoms with Crippen LogP contribution < -0.4 is 10.6 Å². The molecule has 2 rings (SSSR count). The summed E-state index contributed by atoms with van der Waals surface area (Å²) in [6.07, 6.45) is 5.43. The molecule has 2 aromatic rings. The summed E-state index contributed by atoms with van der Waals surface area (Å²) in [6, 6.07) is 10.8. The van der Waals surface area contributed by atoms with E-state index in [9.17, 15) is 14.4 Å². The number of carbonyl (C=O) groups excluding carboxylic acids is 3. The minimum atomic E-state index is -1.03. The van der Waals surface area contributed by atoms with Gasteiger partial charge in [0.1, 0.15) is 17.7 Å². The first-order valence-electron chi connectivity index (χ1n) is 12.4. The Kier molecular flexibility index (Phi) is 9.90. The summed E-state index contributed by atoms with van der Waals surface area (Å²) in [5, 5.41) is 5.71. The fraction of sp³-hybridized carbons (Fsp3) is 0.433. The van der Waals surface area contributed by atoms with Crippen molar-refractivity contribution < 1.29 is 19.1 Å². The van der Waals surface area contributed by atoms with Crippen LogP contribution in [0.1, 0.15) is 69.3 Å². The Hall–Kier alpha value is -3.79. The molecule has 0 aliphatic carbocycles. The standard InChI is InChI=1S/C30H39N3O4/c1-10-22-16-11-12-17-23(22)26(27(34)32-25-20(4)14-13-15-21(25)5)33(9)28(35)24(18-19(2)3)31-29(36)37-30(6,7)8/h1,11-17,19,24,26H,18H2,2-9H3,(H,31,36)(H,32,34). The van der Waals surface area contributed by atoms with Gasteiger partial charge in [0.2, 0.25) is 5.91 Å². The third-order valence-corrected chi connectivity index (χ3v) is 5.82. The van der Waals surface area contributed by atoms with Crippen molar-refractivity contribution in [3.05, 3.63) is 64.7 Å². The van der Waals surface area contributed by atoms with Crippen LogP contribution in [-0.2, 0) is 14.3 Å². The lowest BCUT2D eigenvalue weighted by Gasteiger charge is -2.33. The van der Waals surface area contributed by atoms with Gasteiger partial charge in [-0.1, -0.05) is 56.2 Å². The normalized spacial score (nSPS) is 12.8. The Morgan fingerprint density at radius 1 is 1.03 bits per heavy atom. The average molecular weight is 506 g/mol. The van der Waals surface area contributed by atoms with Crippen molar-refractivity contribution >= 4 is 23.6 Å². The van der Waals surface area contributed by atoms with E-state index in [0.717, 1.165) is 11.1 Å². The summed E-state index contributed by atoms with van der Waals surface area (Å²) in [7, 11) is 1.55. The molecule has 2 atom stereocenters. The van der Waals surface area contributed by atoms with E-state index in [1.54, 1.807) is 52.1 Å². The molecule has 0 radical (unpaired) electrons. The molecular weight excluding hydrogens is 466 g/mol. The van der Waals surface area contributed by atoms with Crippen molar-refractivity contribution in [3.8, 4) is 12.3 Å². The highest BCUT2D eigenvalue weighted by Gasteiger charge is 2.35. The zero-order chi connectivity index (χ0) is 27.9. The molecule has 0 aliphatic heterocycles. The first-order chi connectivity index (χ1) is 17.2. The minimum Gasteiger partial charge on any atom is -0.444 e. The molecule has 3 amide bonds. The third-order valence-electron chi connectivity index (χ3n) is 5.82. The van der Waals surface area contributed by atoms with Gasteiger partial charge in [-0.2, -0.15) is 0 Å². The number of terminal acetylenes is 1. The number of aryl methyl sites for hydroxylation is 2. The summed E-state index contributed by atoms with van der Waals surface area (Å²) in [5.74, 6) is 1.89. The van der Waals surface area contributed by atoms with E-state index < -0.39 is 35.6 Å². The molecule has 7 heteroatoms. The molecule has 0 fully saturated rings. The van der Waals surface area contributed by atoms with Gasteiger partial charge < -0.3 is 20.3 Å². The molecule has 0 saturated heterocycles. The predicted molar refractivity (Wildman–Crippen MR) is 147 cm³/mol. The fourth-order valence-corrected chi connectivity index (χ4v) is 4.11. The van der Waals surface area contributed by atoms with Crippen molar-refractivity contribution in [3.63, 3.8) is 0 Å². The first-order valence-corrected chi connectivity index (χ1v) is 12.4. The number of likely N-dealkylation sites (N-methyl/N-ethyl adjacent to an activating group) is 1. The summed E-state index contributed by atoms with van der Waals surface area (Å²) in [5.41, 5.74) is 2.78. The number of nitrogens with one attached hydrogen (secondary N) is 2. The number of carbonyl (C=O) groups is 3. The minimum absolute atomic E-state index is 0.0946. The highest BCUT2D eigenvalue weighted by atomic mass is 16.6. The van der Waals surface area contributed by atoms with Gasteiger partial charge in [0, 0.05) is 18.3 Å². The Labute approximate surface area is 221 Å². The molecule has 0 saturated carbocycles. The fourth-order valence-electron chi connectivity index (χ4n) is 4.11. The Bertz CT molecular complexity index is 1150. The van der Waals surface area contributed by atoms with Gasteiger partial charge >= 0.3 is 6.09 Å². The summed E-state index contributed by atoms with van der Waals surface area (Å²) >= 11 is 0. The largest absolute Gasteiger partial charge is 0.444 e. The molecular formula is C30H39N3O4. The van der Waals surface area contributed by atoms with Gasteiger partial charge in [-0.25, -0.2) is 4.79 Å². The van der Waals surface area contributed by atoms with Crippen LogP contribution in [0.15, 0.2) is 42.5 Å². The molecule has 0 aliphatic rings. The second-order valence-corrected chi connectivity index (χ2v) is 10.7. The SMILES string of the molecule is C#Cc1ccccc1C(C(=O)Nc1c(C)cccc1C)N(C)C(=O)C(CC(C)C)NC(=O)OC(C)(C)C. The molecule has 2 unspecified atom stereocenters. The molecule has 0 aromatic heterocycles. The van der Waals surface area contributed by atoms with E-state index >= 15 is 0 Å². The number of para-hydroxylation sites is 1. The van der Waals surface area contributed by atoms with Crippen molar-refractivity contribution in [2.75, 3.05) is 12.4 Å². The second-order valence-electron chi connectivity index (χ2n) is 10.7. The van der Waals surface area contributed by atoms with Crippen LogP contribution in [0.4, 0.5) is 10.5 Å². The van der Waals surface area contributed by atoms with Crippen LogP contribution in [0.2, 0.25) is 0 Å². The van der Waals surface area contributed by atoms with Crippen LogP contribution in [0.3, 0.4) is 0 Å². The lowest BCUT2D eigenvalue weighted by Crippen LogP contribution is -2.51. The highest BCUT2D eigenvalue weighted by Crippen LogP contribution is 2.28. The van der Waals surface area contributed by atoms with Crippen LogP contribution in [0, 0.1) is 32.1 Å². The lowest BCUT2D eigenvalue weighted by molar-refractivity contribution is -0.139. The molecule has 2 N–H and O–H groups in total. The van der Waals surface area contributed by atoms with E-state index in [0.29, 0.717) is 23.2 Å². The van der Waals surface area contributed by atoms with E-state index in [1.807, 2.05) is 45.9 Å². The van der Waals surface area contributed by atoms with E-state index in [2.05, 4.69) is 16.6 Å². The molecule has 0 bridgehead atoms. The maximum atomic E-state index is 13.8. The smallest absolute Gasteiger partial charge is 0.408 e. The summed E-state index contributed by atoms with van der Waals surface area (Å²) < 4.78 is 5.39. The van der Waals surface area contributed by atoms with Crippen LogP contribution in [0.5, 0.6) is 0 Å². The van der Waals surface area contributed by atoms with Gasteiger partial charge in [0.25, 0.3) is 5.91 Å². The molecule has 7 nitrogen and oxygen atoms in total. The third kappa shape index (κ3) is 8.11. The van der Waals surface area contributed by atoms with Crippen molar-refractivity contribution in [2.24, 2.45) is 5.92 Å². The summed E-state index contributed by atoms with van der Waals surface area (Å²) in [6.45, 7) is 13.0. The molecule has 0 heterocycles. The van der Waals surface area contributed by atoms with Gasteiger partial charge in [-0.05, 0) is 69.7 Å². The maximum absolute atomic E-state index is 13.8. The number of amides is 3. The van der Waals surface area contributed by atoms with E-state index in [-0.39, 0.29) is 5.92 Å². The van der Waals surface area contributed by atoms with E-state index in [1.165, 1.54) is 4.90 Å².